The van der Waals surface area contributed by atoms with Crippen molar-refractivity contribution >= 4 is 24.2 Å². The summed E-state index contributed by atoms with van der Waals surface area (Å²) < 4.78 is 0. The number of halogens is 1. The molecular weight excluding hydrogens is 226 g/mol. The van der Waals surface area contributed by atoms with E-state index in [0.29, 0.717) is 10.7 Å². The minimum Gasteiger partial charge on any atom is -0.423 e. The molecule has 6 heteroatoms. The summed E-state index contributed by atoms with van der Waals surface area (Å²) in [7, 11) is -1.34. The lowest BCUT2D eigenvalue weighted by atomic mass is 9.81. The summed E-state index contributed by atoms with van der Waals surface area (Å²) in [5.41, 5.74) is 0.525. The summed E-state index contributed by atoms with van der Waals surface area (Å²) >= 11 is 5.32. The zero-order valence-corrected chi connectivity index (χ0v) is 9.12. The van der Waals surface area contributed by atoms with Crippen LogP contribution >= 0.6 is 11.6 Å². The fourth-order valence-electron chi connectivity index (χ4n) is 0.906. The molecule has 1 aromatic heterocycles. The van der Waals surface area contributed by atoms with E-state index in [1.54, 1.807) is 42.7 Å². The number of hydrogen-bond donors (Lipinski definition) is 2. The van der Waals surface area contributed by atoms with E-state index in [0.717, 1.165) is 0 Å². The van der Waals surface area contributed by atoms with Crippen LogP contribution in [0.4, 0.5) is 0 Å². The summed E-state index contributed by atoms with van der Waals surface area (Å²) in [6, 6.07) is 10.4. The highest BCUT2D eigenvalue weighted by Crippen LogP contribution is 1.92. The van der Waals surface area contributed by atoms with Crippen molar-refractivity contribution in [3.63, 3.8) is 0 Å². The van der Waals surface area contributed by atoms with Crippen LogP contribution in [0.25, 0.3) is 0 Å². The van der Waals surface area contributed by atoms with Crippen molar-refractivity contribution in [2.45, 2.75) is 0 Å². The Bertz CT molecular complexity index is 400. The molecule has 0 aliphatic rings. The van der Waals surface area contributed by atoms with Crippen LogP contribution in [0, 0.1) is 0 Å². The molecule has 0 saturated heterocycles. The van der Waals surface area contributed by atoms with E-state index in [4.69, 9.17) is 21.6 Å². The molecule has 0 radical (unpaired) electrons. The Morgan fingerprint density at radius 2 is 1.50 bits per heavy atom. The topological polar surface area (TPSA) is 66.2 Å². The van der Waals surface area contributed by atoms with Crippen LogP contribution in [-0.2, 0) is 0 Å². The molecule has 0 aliphatic heterocycles. The Hall–Kier alpha value is -1.43. The van der Waals surface area contributed by atoms with Gasteiger partial charge in [0.15, 0.2) is 0 Å². The predicted molar refractivity (Wildman–Crippen MR) is 63.3 cm³/mol. The van der Waals surface area contributed by atoms with Gasteiger partial charge in [0.25, 0.3) is 0 Å². The van der Waals surface area contributed by atoms with Gasteiger partial charge >= 0.3 is 7.12 Å². The molecule has 1 aromatic carbocycles. The quantitative estimate of drug-likeness (QED) is 0.559. The molecule has 0 spiro atoms. The van der Waals surface area contributed by atoms with Gasteiger partial charge in [0.1, 0.15) is 0 Å². The van der Waals surface area contributed by atoms with Crippen LogP contribution in [0.2, 0.25) is 5.28 Å². The van der Waals surface area contributed by atoms with Gasteiger partial charge in [-0.25, -0.2) is 9.97 Å². The van der Waals surface area contributed by atoms with Crippen LogP contribution in [0.15, 0.2) is 48.8 Å². The SMILES string of the molecule is Clc1ncccn1.OB(O)c1ccccc1. The summed E-state index contributed by atoms with van der Waals surface area (Å²) in [4.78, 5) is 7.27. The third kappa shape index (κ3) is 4.88. The number of hydrogen-bond acceptors (Lipinski definition) is 4. The monoisotopic (exact) mass is 236 g/mol. The summed E-state index contributed by atoms with van der Waals surface area (Å²) in [6.45, 7) is 0. The maximum absolute atomic E-state index is 8.58. The number of rotatable bonds is 1. The Morgan fingerprint density at radius 3 is 1.81 bits per heavy atom. The van der Waals surface area contributed by atoms with Crippen molar-refractivity contribution < 1.29 is 10.0 Å². The van der Waals surface area contributed by atoms with Crippen LogP contribution in [0.3, 0.4) is 0 Å². The molecule has 0 aliphatic carbocycles. The van der Waals surface area contributed by atoms with Crippen LogP contribution in [0.5, 0.6) is 0 Å². The zero-order valence-electron chi connectivity index (χ0n) is 8.36. The molecule has 0 saturated carbocycles. The standard InChI is InChI=1S/C6H7BO2.C4H3ClN2/c8-7(9)6-4-2-1-3-5-6;5-4-6-2-1-3-7-4/h1-5,8-9H;1-3H. The minimum atomic E-state index is -1.34. The van der Waals surface area contributed by atoms with E-state index in [2.05, 4.69) is 9.97 Å². The highest BCUT2D eigenvalue weighted by Gasteiger charge is 2.07. The van der Waals surface area contributed by atoms with Crippen molar-refractivity contribution in [1.82, 2.24) is 9.97 Å². The molecule has 4 nitrogen and oxygen atoms in total. The van der Waals surface area contributed by atoms with Gasteiger partial charge < -0.3 is 10.0 Å². The number of aromatic nitrogens is 2. The molecule has 0 unspecified atom stereocenters. The molecule has 0 amide bonds. The lowest BCUT2D eigenvalue weighted by Crippen LogP contribution is -2.29. The third-order valence-electron chi connectivity index (χ3n) is 1.63. The maximum Gasteiger partial charge on any atom is 0.488 e. The second kappa shape index (κ2) is 6.95. The molecule has 2 N–H and O–H groups in total. The Morgan fingerprint density at radius 1 is 0.938 bits per heavy atom. The van der Waals surface area contributed by atoms with E-state index in [9.17, 15) is 0 Å². The number of nitrogens with zero attached hydrogens (tertiary/aromatic N) is 2. The molecule has 2 rings (SSSR count). The lowest BCUT2D eigenvalue weighted by molar-refractivity contribution is 0.426. The van der Waals surface area contributed by atoms with E-state index >= 15 is 0 Å². The van der Waals surface area contributed by atoms with E-state index in [1.165, 1.54) is 0 Å². The molecule has 16 heavy (non-hydrogen) atoms. The molecule has 2 aromatic rings. The van der Waals surface area contributed by atoms with Crippen molar-refractivity contribution in [2.24, 2.45) is 0 Å². The van der Waals surface area contributed by atoms with Crippen LogP contribution in [0.1, 0.15) is 0 Å². The zero-order chi connectivity index (χ0) is 11.8. The van der Waals surface area contributed by atoms with Gasteiger partial charge in [-0.3, -0.25) is 0 Å². The average molecular weight is 236 g/mol. The van der Waals surface area contributed by atoms with Gasteiger partial charge in [-0.1, -0.05) is 30.3 Å². The first-order chi connectivity index (χ1) is 7.70. The van der Waals surface area contributed by atoms with E-state index < -0.39 is 7.12 Å². The van der Waals surface area contributed by atoms with E-state index in [-0.39, 0.29) is 0 Å². The van der Waals surface area contributed by atoms with Crippen molar-refractivity contribution in [3.8, 4) is 0 Å². The van der Waals surface area contributed by atoms with Crippen LogP contribution in [-0.4, -0.2) is 27.1 Å². The smallest absolute Gasteiger partial charge is 0.423 e. The normalized spacial score (nSPS) is 8.94. The van der Waals surface area contributed by atoms with Gasteiger partial charge in [0, 0.05) is 12.4 Å². The van der Waals surface area contributed by atoms with Gasteiger partial charge in [-0.15, -0.1) is 0 Å². The first kappa shape index (κ1) is 12.6. The first-order valence-electron chi connectivity index (χ1n) is 4.54. The molecule has 0 fully saturated rings. The van der Waals surface area contributed by atoms with Crippen molar-refractivity contribution in [2.75, 3.05) is 0 Å². The Balaban J connectivity index is 0.000000165. The van der Waals surface area contributed by atoms with Gasteiger partial charge in [0.05, 0.1) is 0 Å². The van der Waals surface area contributed by atoms with Gasteiger partial charge in [-0.05, 0) is 23.1 Å². The fourth-order valence-corrected chi connectivity index (χ4v) is 1.02. The molecule has 82 valence electrons. The van der Waals surface area contributed by atoms with Gasteiger partial charge in [-0.2, -0.15) is 0 Å². The summed E-state index contributed by atoms with van der Waals surface area (Å²) in [6.07, 6.45) is 3.19. The van der Waals surface area contributed by atoms with Crippen LogP contribution < -0.4 is 5.46 Å². The summed E-state index contributed by atoms with van der Waals surface area (Å²) in [5.74, 6) is 0. The van der Waals surface area contributed by atoms with Gasteiger partial charge in [0.2, 0.25) is 5.28 Å². The lowest BCUT2D eigenvalue weighted by Gasteiger charge is -1.94. The third-order valence-corrected chi connectivity index (χ3v) is 1.83. The molecular formula is C10H10BClN2O2. The Labute approximate surface area is 98.7 Å². The summed E-state index contributed by atoms with van der Waals surface area (Å²) in [5, 5.41) is 17.5. The van der Waals surface area contributed by atoms with Crippen molar-refractivity contribution in [3.05, 3.63) is 54.1 Å². The molecule has 0 bridgehead atoms. The second-order valence-electron chi connectivity index (χ2n) is 2.80. The first-order valence-corrected chi connectivity index (χ1v) is 4.91. The second-order valence-corrected chi connectivity index (χ2v) is 3.14. The predicted octanol–water partition coefficient (Wildman–Crippen LogP) is 0.496. The van der Waals surface area contributed by atoms with E-state index in [1.807, 2.05) is 6.07 Å². The minimum absolute atomic E-state index is 0.294. The fraction of sp³-hybridized carbons (Fsp3) is 0. The Kier molecular flexibility index (Phi) is 5.49. The highest BCUT2D eigenvalue weighted by molar-refractivity contribution is 6.58. The van der Waals surface area contributed by atoms with Crippen molar-refractivity contribution in [1.29, 1.82) is 0 Å². The average Bonchev–Trinajstić information content (AvgIpc) is 2.32. The number of benzene rings is 1. The maximum atomic E-state index is 8.58. The molecule has 1 heterocycles. The largest absolute Gasteiger partial charge is 0.488 e. The molecule has 0 atom stereocenters. The highest BCUT2D eigenvalue weighted by atomic mass is 35.5.